The van der Waals surface area contributed by atoms with E-state index in [-0.39, 0.29) is 11.9 Å². The second kappa shape index (κ2) is 8.82. The Bertz CT molecular complexity index is 920. The van der Waals surface area contributed by atoms with Crippen molar-refractivity contribution in [3.63, 3.8) is 0 Å². The Hall–Kier alpha value is -3.06. The first kappa shape index (κ1) is 22.1. The maximum atomic E-state index is 14.0. The van der Waals surface area contributed by atoms with E-state index in [0.29, 0.717) is 41.3 Å². The second-order valence-electron chi connectivity index (χ2n) is 8.91. The molecular formula is C25H31N3O4. The van der Waals surface area contributed by atoms with E-state index in [1.54, 1.807) is 38.5 Å². The Morgan fingerprint density at radius 2 is 1.47 bits per heavy atom. The number of hydrogen-bond acceptors (Lipinski definition) is 5. The van der Waals surface area contributed by atoms with Crippen molar-refractivity contribution in [3.8, 4) is 11.5 Å². The maximum Gasteiger partial charge on any atom is 0.326 e. The Labute approximate surface area is 189 Å². The van der Waals surface area contributed by atoms with Gasteiger partial charge in [0.25, 0.3) is 5.91 Å². The fourth-order valence-corrected chi connectivity index (χ4v) is 4.36. The lowest BCUT2D eigenvalue weighted by Gasteiger charge is -2.30. The molecule has 2 aliphatic rings. The van der Waals surface area contributed by atoms with Gasteiger partial charge in [-0.1, -0.05) is 38.1 Å². The molecule has 0 bridgehead atoms. The van der Waals surface area contributed by atoms with E-state index >= 15 is 0 Å². The molecule has 0 spiro atoms. The minimum Gasteiger partial charge on any atom is -0.497 e. The topological polar surface area (TPSA) is 71.1 Å². The molecule has 0 unspecified atom stereocenters. The van der Waals surface area contributed by atoms with Crippen LogP contribution in [-0.4, -0.2) is 55.2 Å². The van der Waals surface area contributed by atoms with Crippen molar-refractivity contribution < 1.29 is 19.1 Å². The summed E-state index contributed by atoms with van der Waals surface area (Å²) in [6.45, 7) is 5.45. The van der Waals surface area contributed by atoms with Gasteiger partial charge >= 0.3 is 6.03 Å². The van der Waals surface area contributed by atoms with Crippen LogP contribution in [0.1, 0.15) is 37.8 Å². The van der Waals surface area contributed by atoms with E-state index in [4.69, 9.17) is 9.47 Å². The third-order valence-corrected chi connectivity index (χ3v) is 6.14. The molecule has 7 nitrogen and oxygen atoms in total. The average Bonchev–Trinajstić information content (AvgIpc) is 3.61. The lowest BCUT2D eigenvalue weighted by atomic mass is 9.82. The minimum absolute atomic E-state index is 0.271. The van der Waals surface area contributed by atoms with Gasteiger partial charge in [0.15, 0.2) is 5.54 Å². The number of carbonyl (C=O) groups is 2. The Balaban J connectivity index is 1.73. The number of urea groups is 1. The van der Waals surface area contributed by atoms with Gasteiger partial charge in [0.05, 0.1) is 20.9 Å². The minimum atomic E-state index is -1.30. The number of amides is 3. The van der Waals surface area contributed by atoms with Crippen LogP contribution < -0.4 is 14.8 Å². The maximum absolute atomic E-state index is 14.0. The predicted octanol–water partition coefficient (Wildman–Crippen LogP) is 3.58. The van der Waals surface area contributed by atoms with Crippen LogP contribution in [0.2, 0.25) is 0 Å². The molecule has 1 aliphatic heterocycles. The molecule has 1 heterocycles. The zero-order valence-electron chi connectivity index (χ0n) is 19.1. The first-order valence-corrected chi connectivity index (χ1v) is 11.1. The van der Waals surface area contributed by atoms with E-state index in [0.717, 1.165) is 19.4 Å². The van der Waals surface area contributed by atoms with Gasteiger partial charge in [-0.05, 0) is 54.2 Å². The number of imide groups is 1. The highest BCUT2D eigenvalue weighted by Crippen LogP contribution is 2.38. The molecule has 3 amide bonds. The molecule has 1 saturated carbocycles. The highest BCUT2D eigenvalue weighted by molar-refractivity contribution is 6.09. The molecule has 0 atom stereocenters. The summed E-state index contributed by atoms with van der Waals surface area (Å²) in [4.78, 5) is 30.7. The van der Waals surface area contributed by atoms with Gasteiger partial charge < -0.3 is 14.8 Å². The number of methoxy groups -OCH3 is 2. The second-order valence-corrected chi connectivity index (χ2v) is 8.91. The molecule has 170 valence electrons. The van der Waals surface area contributed by atoms with Crippen LogP contribution in [0.5, 0.6) is 11.5 Å². The van der Waals surface area contributed by atoms with E-state index in [1.807, 2.05) is 24.3 Å². The first-order valence-electron chi connectivity index (χ1n) is 11.1. The number of rotatable bonds is 9. The third-order valence-electron chi connectivity index (χ3n) is 6.14. The average molecular weight is 438 g/mol. The molecule has 1 aliphatic carbocycles. The Morgan fingerprint density at radius 1 is 0.969 bits per heavy atom. The fourth-order valence-electron chi connectivity index (χ4n) is 4.36. The third kappa shape index (κ3) is 4.05. The van der Waals surface area contributed by atoms with Crippen molar-refractivity contribution >= 4 is 11.9 Å². The van der Waals surface area contributed by atoms with E-state index in [1.165, 1.54) is 4.90 Å². The smallest absolute Gasteiger partial charge is 0.326 e. The number of benzene rings is 2. The number of hydrogen-bond donors (Lipinski definition) is 1. The molecule has 2 aromatic rings. The highest BCUT2D eigenvalue weighted by Gasteiger charge is 2.54. The number of carbonyl (C=O) groups excluding carboxylic acids is 2. The normalized spacial score (nSPS) is 17.8. The van der Waals surface area contributed by atoms with E-state index in [2.05, 4.69) is 24.1 Å². The van der Waals surface area contributed by atoms with Gasteiger partial charge in [-0.2, -0.15) is 0 Å². The summed E-state index contributed by atoms with van der Waals surface area (Å²) in [5.41, 5.74) is 0.0696. The van der Waals surface area contributed by atoms with Gasteiger partial charge in [0, 0.05) is 12.6 Å². The van der Waals surface area contributed by atoms with E-state index in [9.17, 15) is 9.59 Å². The zero-order valence-corrected chi connectivity index (χ0v) is 19.1. The van der Waals surface area contributed by atoms with Crippen LogP contribution in [-0.2, 0) is 10.3 Å². The Morgan fingerprint density at radius 3 is 1.88 bits per heavy atom. The Kier molecular flexibility index (Phi) is 6.11. The van der Waals surface area contributed by atoms with Crippen LogP contribution in [0.25, 0.3) is 0 Å². The van der Waals surface area contributed by atoms with Crippen molar-refractivity contribution in [2.45, 2.75) is 38.3 Å². The van der Waals surface area contributed by atoms with Crippen LogP contribution >= 0.6 is 0 Å². The summed E-state index contributed by atoms with van der Waals surface area (Å²) in [6, 6.07) is 14.6. The predicted molar refractivity (Wildman–Crippen MR) is 122 cm³/mol. The zero-order chi connectivity index (χ0) is 22.9. The van der Waals surface area contributed by atoms with Crippen LogP contribution in [0.3, 0.4) is 0 Å². The molecule has 0 aromatic heterocycles. The van der Waals surface area contributed by atoms with Crippen LogP contribution in [0.15, 0.2) is 48.5 Å². The van der Waals surface area contributed by atoms with Crippen LogP contribution in [0.4, 0.5) is 4.79 Å². The summed E-state index contributed by atoms with van der Waals surface area (Å²) >= 11 is 0. The van der Waals surface area contributed by atoms with Gasteiger partial charge in [-0.3, -0.25) is 9.69 Å². The molecule has 1 N–H and O–H groups in total. The molecule has 0 radical (unpaired) electrons. The van der Waals surface area contributed by atoms with Gasteiger partial charge in [-0.15, -0.1) is 0 Å². The number of ether oxygens (including phenoxy) is 2. The first-order chi connectivity index (χ1) is 15.4. The standard InChI is InChI=1S/C25H31N3O4/c1-17(2)15-27(20-9-10-20)16-28-23(29)25(26-24(28)30,18-5-11-21(31-3)12-6-18)19-7-13-22(32-4)14-8-19/h5-8,11-14,17,20H,9-10,15-16H2,1-4H3,(H,26,30). The number of nitrogens with one attached hydrogen (secondary N) is 1. The SMILES string of the molecule is COc1ccc(C2(c3ccc(OC)cc3)NC(=O)N(CN(CC(C)C)C3CC3)C2=O)cc1. The van der Waals surface area contributed by atoms with Crippen molar-refractivity contribution in [2.24, 2.45) is 5.92 Å². The summed E-state index contributed by atoms with van der Waals surface area (Å²) in [6.07, 6.45) is 2.22. The number of nitrogens with zero attached hydrogens (tertiary/aromatic N) is 2. The van der Waals surface area contributed by atoms with Crippen LogP contribution in [0, 0.1) is 5.92 Å². The largest absolute Gasteiger partial charge is 0.497 e. The quantitative estimate of drug-likeness (QED) is 0.607. The molecule has 4 rings (SSSR count). The molecule has 32 heavy (non-hydrogen) atoms. The monoisotopic (exact) mass is 437 g/mol. The summed E-state index contributed by atoms with van der Waals surface area (Å²) in [5.74, 6) is 1.55. The summed E-state index contributed by atoms with van der Waals surface area (Å²) < 4.78 is 10.6. The van der Waals surface area contributed by atoms with Gasteiger partial charge in [-0.25, -0.2) is 9.69 Å². The lowest BCUT2D eigenvalue weighted by molar-refractivity contribution is -0.131. The lowest BCUT2D eigenvalue weighted by Crippen LogP contribution is -2.47. The van der Waals surface area contributed by atoms with Crippen molar-refractivity contribution in [2.75, 3.05) is 27.4 Å². The molecule has 2 aromatic carbocycles. The van der Waals surface area contributed by atoms with Gasteiger partial charge in [0.2, 0.25) is 0 Å². The van der Waals surface area contributed by atoms with Gasteiger partial charge in [0.1, 0.15) is 11.5 Å². The summed E-state index contributed by atoms with van der Waals surface area (Å²) in [5, 5.41) is 3.02. The van der Waals surface area contributed by atoms with E-state index < -0.39 is 5.54 Å². The molecule has 1 saturated heterocycles. The van der Waals surface area contributed by atoms with Crippen molar-refractivity contribution in [3.05, 3.63) is 59.7 Å². The molecule has 2 fully saturated rings. The summed E-state index contributed by atoms with van der Waals surface area (Å²) in [7, 11) is 3.19. The molecule has 7 heteroatoms. The highest BCUT2D eigenvalue weighted by atomic mass is 16.5. The van der Waals surface area contributed by atoms with Crippen molar-refractivity contribution in [1.82, 2.24) is 15.1 Å². The van der Waals surface area contributed by atoms with Crippen molar-refractivity contribution in [1.29, 1.82) is 0 Å². The molecular weight excluding hydrogens is 406 g/mol. The fraction of sp³-hybridized carbons (Fsp3) is 0.440.